The maximum Gasteiger partial charge on any atom is 0.294 e. The number of hydrogen-bond acceptors (Lipinski definition) is 5. The van der Waals surface area contributed by atoms with E-state index < -0.39 is 16.0 Å². The Morgan fingerprint density at radius 2 is 1.42 bits per heavy atom. The lowest BCUT2D eigenvalue weighted by Gasteiger charge is -2.30. The van der Waals surface area contributed by atoms with E-state index in [-0.39, 0.29) is 4.90 Å². The van der Waals surface area contributed by atoms with Crippen LogP contribution in [0.4, 0.5) is 0 Å². The van der Waals surface area contributed by atoms with Crippen molar-refractivity contribution in [3.8, 4) is 23.0 Å². The van der Waals surface area contributed by atoms with E-state index in [4.69, 9.17) is 37.4 Å². The van der Waals surface area contributed by atoms with Gasteiger partial charge in [-0.05, 0) is 48.4 Å². The average Bonchev–Trinajstić information content (AvgIpc) is 2.88. The summed E-state index contributed by atoms with van der Waals surface area (Å²) in [5, 5.41) is 1.16. The lowest BCUT2D eigenvalue weighted by molar-refractivity contribution is 0.319. The summed E-state index contributed by atoms with van der Waals surface area (Å²) in [6.07, 6.45) is 0.515. The third-order valence-corrected chi connectivity index (χ3v) is 7.95. The molecule has 196 valence electrons. The monoisotopic (exact) mass is 570 g/mol. The maximum atomic E-state index is 12.3. The molecule has 5 rings (SSSR count). The quantitative estimate of drug-likeness (QED) is 0.194. The molecule has 1 heterocycles. The van der Waals surface area contributed by atoms with Gasteiger partial charge in [-0.15, -0.1) is 0 Å². The Hall–Kier alpha value is -3.23. The molecule has 1 aliphatic heterocycles. The van der Waals surface area contributed by atoms with E-state index in [0.29, 0.717) is 58.2 Å². The molecule has 9 heteroatoms. The van der Waals surface area contributed by atoms with Gasteiger partial charge in [-0.25, -0.2) is 0 Å². The first kappa shape index (κ1) is 26.4. The molecule has 1 atom stereocenters. The van der Waals surface area contributed by atoms with Gasteiger partial charge in [0, 0.05) is 45.6 Å². The molecule has 0 saturated heterocycles. The van der Waals surface area contributed by atoms with E-state index in [0.717, 1.165) is 16.7 Å². The standard InChI is InChI=1S/C29H24Cl2O6S/c1-2-35-18-10-12-21-26(16-18)37-27-17-19(36-15-14-20-24(30)7-5-8-25(20)31)11-13-22(27)29(21)23-6-3-4-9-28(23)38(32,33)34/h3-13,16-17,29H,2,14-15H2,1H3,(H,32,33,34). The predicted octanol–water partition coefficient (Wildman–Crippen LogP) is 7.55. The Bertz CT molecular complexity index is 1580. The maximum absolute atomic E-state index is 12.3. The predicted molar refractivity (Wildman–Crippen MR) is 147 cm³/mol. The topological polar surface area (TPSA) is 82.1 Å². The lowest BCUT2D eigenvalue weighted by atomic mass is 9.82. The first-order valence-corrected chi connectivity index (χ1v) is 14.2. The first-order chi connectivity index (χ1) is 18.3. The van der Waals surface area contributed by atoms with Crippen LogP contribution in [-0.4, -0.2) is 26.2 Å². The molecule has 6 nitrogen and oxygen atoms in total. The number of halogens is 2. The third kappa shape index (κ3) is 5.33. The summed E-state index contributed by atoms with van der Waals surface area (Å²) in [7, 11) is -4.47. The van der Waals surface area contributed by atoms with Gasteiger partial charge >= 0.3 is 0 Å². The molecule has 0 radical (unpaired) electrons. The lowest BCUT2D eigenvalue weighted by Crippen LogP contribution is -2.15. The van der Waals surface area contributed by atoms with Crippen LogP contribution in [0, 0.1) is 0 Å². The number of benzene rings is 4. The van der Waals surface area contributed by atoms with Crippen molar-refractivity contribution < 1.29 is 27.2 Å². The summed E-state index contributed by atoms with van der Waals surface area (Å²) in [6, 6.07) is 22.6. The molecule has 1 unspecified atom stereocenters. The van der Waals surface area contributed by atoms with Gasteiger partial charge in [-0.3, -0.25) is 4.55 Å². The summed E-state index contributed by atoms with van der Waals surface area (Å²) in [5.74, 6) is 1.71. The second-order valence-corrected chi connectivity index (χ2v) is 10.9. The van der Waals surface area contributed by atoms with Crippen LogP contribution in [0.15, 0.2) is 83.8 Å². The van der Waals surface area contributed by atoms with E-state index >= 15 is 0 Å². The minimum Gasteiger partial charge on any atom is -0.494 e. The van der Waals surface area contributed by atoms with Crippen LogP contribution in [0.5, 0.6) is 23.0 Å². The molecule has 0 aromatic heterocycles. The minimum absolute atomic E-state index is 0.158. The van der Waals surface area contributed by atoms with Gasteiger partial charge in [0.25, 0.3) is 10.1 Å². The van der Waals surface area contributed by atoms with Gasteiger partial charge in [0.15, 0.2) is 0 Å². The highest BCUT2D eigenvalue weighted by Crippen LogP contribution is 2.50. The van der Waals surface area contributed by atoms with Crippen LogP contribution in [0.2, 0.25) is 10.0 Å². The first-order valence-electron chi connectivity index (χ1n) is 12.0. The van der Waals surface area contributed by atoms with Gasteiger partial charge < -0.3 is 14.2 Å². The number of hydrogen-bond donors (Lipinski definition) is 1. The Kier molecular flexibility index (Phi) is 7.54. The van der Waals surface area contributed by atoms with Crippen LogP contribution in [0.3, 0.4) is 0 Å². The van der Waals surface area contributed by atoms with Crippen LogP contribution in [0.1, 0.15) is 35.1 Å². The molecule has 0 fully saturated rings. The fraction of sp³-hybridized carbons (Fsp3) is 0.172. The van der Waals surface area contributed by atoms with Crippen LogP contribution >= 0.6 is 23.2 Å². The van der Waals surface area contributed by atoms with Crippen molar-refractivity contribution in [3.05, 3.63) is 111 Å². The Morgan fingerprint density at radius 3 is 2.03 bits per heavy atom. The van der Waals surface area contributed by atoms with Gasteiger partial charge in [-0.1, -0.05) is 59.6 Å². The highest BCUT2D eigenvalue weighted by Gasteiger charge is 2.33. The van der Waals surface area contributed by atoms with Crippen molar-refractivity contribution in [3.63, 3.8) is 0 Å². The van der Waals surface area contributed by atoms with E-state index in [1.54, 1.807) is 54.6 Å². The van der Waals surface area contributed by atoms with Crippen molar-refractivity contribution in [1.29, 1.82) is 0 Å². The highest BCUT2D eigenvalue weighted by molar-refractivity contribution is 7.85. The average molecular weight is 571 g/mol. The van der Waals surface area contributed by atoms with E-state index in [1.165, 1.54) is 6.07 Å². The fourth-order valence-electron chi connectivity index (χ4n) is 4.65. The molecule has 1 aliphatic rings. The molecule has 1 N–H and O–H groups in total. The SMILES string of the molecule is CCOc1ccc2c(c1)Oc1cc(OCCc3c(Cl)cccc3Cl)ccc1C2c1ccccc1S(=O)(=O)O. The Morgan fingerprint density at radius 1 is 0.816 bits per heavy atom. The molecule has 0 saturated carbocycles. The Labute approximate surface area is 231 Å². The van der Waals surface area contributed by atoms with Crippen LogP contribution in [-0.2, 0) is 16.5 Å². The van der Waals surface area contributed by atoms with Gasteiger partial charge in [0.1, 0.15) is 23.0 Å². The smallest absolute Gasteiger partial charge is 0.294 e. The van der Waals surface area contributed by atoms with Crippen molar-refractivity contribution >= 4 is 33.3 Å². The van der Waals surface area contributed by atoms with Gasteiger partial charge in [0.2, 0.25) is 0 Å². The summed E-state index contributed by atoms with van der Waals surface area (Å²) in [4.78, 5) is -0.158. The van der Waals surface area contributed by atoms with Gasteiger partial charge in [0.05, 0.1) is 18.1 Å². The summed E-state index contributed by atoms with van der Waals surface area (Å²) in [6.45, 7) is 2.71. The summed E-state index contributed by atoms with van der Waals surface area (Å²) in [5.41, 5.74) is 2.73. The zero-order chi connectivity index (χ0) is 26.9. The second kappa shape index (κ2) is 10.9. The molecule has 0 amide bonds. The molecule has 4 aromatic rings. The molecular weight excluding hydrogens is 547 g/mol. The molecule has 0 aliphatic carbocycles. The van der Waals surface area contributed by atoms with E-state index in [9.17, 15) is 13.0 Å². The molecular formula is C29H24Cl2O6S. The summed E-state index contributed by atoms with van der Waals surface area (Å²) >= 11 is 12.6. The van der Waals surface area contributed by atoms with E-state index in [2.05, 4.69) is 0 Å². The van der Waals surface area contributed by atoms with E-state index in [1.807, 2.05) is 25.1 Å². The molecule has 38 heavy (non-hydrogen) atoms. The largest absolute Gasteiger partial charge is 0.494 e. The normalized spacial score (nSPS) is 14.3. The Balaban J connectivity index is 1.52. The summed E-state index contributed by atoms with van der Waals surface area (Å²) < 4.78 is 52.4. The second-order valence-electron chi connectivity index (χ2n) is 8.68. The molecule has 0 bridgehead atoms. The highest BCUT2D eigenvalue weighted by atomic mass is 35.5. The number of fused-ring (bicyclic) bond motifs is 2. The van der Waals surface area contributed by atoms with Crippen LogP contribution in [0.25, 0.3) is 0 Å². The molecule has 0 spiro atoms. The number of ether oxygens (including phenoxy) is 3. The van der Waals surface area contributed by atoms with Crippen molar-refractivity contribution in [1.82, 2.24) is 0 Å². The number of rotatable bonds is 8. The van der Waals surface area contributed by atoms with Crippen molar-refractivity contribution in [2.24, 2.45) is 0 Å². The zero-order valence-corrected chi connectivity index (χ0v) is 22.7. The van der Waals surface area contributed by atoms with Crippen molar-refractivity contribution in [2.45, 2.75) is 24.2 Å². The van der Waals surface area contributed by atoms with Crippen molar-refractivity contribution in [2.75, 3.05) is 13.2 Å². The fourth-order valence-corrected chi connectivity index (χ4v) is 5.97. The van der Waals surface area contributed by atoms with Crippen LogP contribution < -0.4 is 14.2 Å². The van der Waals surface area contributed by atoms with Gasteiger partial charge in [-0.2, -0.15) is 8.42 Å². The molecule has 4 aromatic carbocycles. The zero-order valence-electron chi connectivity index (χ0n) is 20.4. The third-order valence-electron chi connectivity index (χ3n) is 6.31. The minimum atomic E-state index is -4.47.